The van der Waals surface area contributed by atoms with Gasteiger partial charge in [-0.2, -0.15) is 0 Å². The van der Waals surface area contributed by atoms with E-state index in [-0.39, 0.29) is 0 Å². The lowest BCUT2D eigenvalue weighted by molar-refractivity contribution is 0.0390. The van der Waals surface area contributed by atoms with Gasteiger partial charge < -0.3 is 5.73 Å². The fraction of sp³-hybridized carbons (Fsp3) is 1.00. The van der Waals surface area contributed by atoms with E-state index in [2.05, 4.69) is 4.90 Å². The molecule has 2 nitrogen and oxygen atoms in total. The lowest BCUT2D eigenvalue weighted by atomic mass is 9.84. The number of hydrogen-bond acceptors (Lipinski definition) is 2. The molecule has 2 aliphatic rings. The highest BCUT2D eigenvalue weighted by molar-refractivity contribution is 4.88. The minimum absolute atomic E-state index is 0.870. The normalized spacial score (nSPS) is 30.6. The van der Waals surface area contributed by atoms with E-state index < -0.39 is 0 Å². The molecule has 2 bridgehead atoms. The molecule has 2 rings (SSSR count). The van der Waals surface area contributed by atoms with Crippen LogP contribution in [0, 0.1) is 0 Å². The van der Waals surface area contributed by atoms with Crippen molar-refractivity contribution in [1.82, 2.24) is 4.90 Å². The van der Waals surface area contributed by atoms with Crippen LogP contribution in [0.3, 0.4) is 0 Å². The van der Waals surface area contributed by atoms with Gasteiger partial charge in [-0.25, -0.2) is 0 Å². The molecular weight excluding hydrogens is 196 g/mol. The summed E-state index contributed by atoms with van der Waals surface area (Å²) >= 11 is 0. The Labute approximate surface area is 101 Å². The van der Waals surface area contributed by atoms with E-state index in [0.29, 0.717) is 0 Å². The van der Waals surface area contributed by atoms with E-state index in [0.717, 1.165) is 18.6 Å². The maximum Gasteiger partial charge on any atom is 0.00982 e. The van der Waals surface area contributed by atoms with Gasteiger partial charge >= 0.3 is 0 Å². The number of fused-ring (bicyclic) bond motifs is 2. The van der Waals surface area contributed by atoms with E-state index in [1.807, 2.05) is 0 Å². The number of rotatable bonds is 6. The predicted molar refractivity (Wildman–Crippen MR) is 69.5 cm³/mol. The molecule has 0 atom stereocenters. The van der Waals surface area contributed by atoms with Crippen molar-refractivity contribution in [1.29, 1.82) is 0 Å². The lowest BCUT2D eigenvalue weighted by Gasteiger charge is -2.46. The highest BCUT2D eigenvalue weighted by atomic mass is 15.2. The van der Waals surface area contributed by atoms with Gasteiger partial charge in [0.05, 0.1) is 0 Å². The number of unbranched alkanes of at least 4 members (excludes halogenated alkanes) is 3. The summed E-state index contributed by atoms with van der Waals surface area (Å²) in [7, 11) is 0. The van der Waals surface area contributed by atoms with Gasteiger partial charge in [0.2, 0.25) is 0 Å². The number of nitrogens with zero attached hydrogens (tertiary/aromatic N) is 1. The van der Waals surface area contributed by atoms with E-state index in [4.69, 9.17) is 5.73 Å². The first-order chi connectivity index (χ1) is 7.92. The molecule has 16 heavy (non-hydrogen) atoms. The number of nitrogens with two attached hydrogens (primary N) is 1. The summed E-state index contributed by atoms with van der Waals surface area (Å²) in [5, 5.41) is 0. The molecule has 2 saturated heterocycles. The van der Waals surface area contributed by atoms with Crippen molar-refractivity contribution < 1.29 is 0 Å². The molecule has 0 aliphatic carbocycles. The first kappa shape index (κ1) is 12.4. The standard InChI is InChI=1S/C14H28N2/c15-11-3-1-2-4-12-16-13-7-5-8-14(16)10-6-9-13/h13-14H,1-12,15H2/t13-,14-. The molecule has 0 spiro atoms. The van der Waals surface area contributed by atoms with Crippen LogP contribution in [0.25, 0.3) is 0 Å². The summed E-state index contributed by atoms with van der Waals surface area (Å²) < 4.78 is 0. The van der Waals surface area contributed by atoms with Gasteiger partial charge in [-0.05, 0) is 51.6 Å². The van der Waals surface area contributed by atoms with Gasteiger partial charge in [0.25, 0.3) is 0 Å². The molecular formula is C14H28N2. The summed E-state index contributed by atoms with van der Waals surface area (Å²) in [5.74, 6) is 0. The Morgan fingerprint density at radius 3 is 1.94 bits per heavy atom. The van der Waals surface area contributed by atoms with Crippen LogP contribution in [0.4, 0.5) is 0 Å². The van der Waals surface area contributed by atoms with E-state index >= 15 is 0 Å². The number of piperidine rings is 2. The van der Waals surface area contributed by atoms with Crippen molar-refractivity contribution in [2.75, 3.05) is 13.1 Å². The Balaban J connectivity index is 1.67. The van der Waals surface area contributed by atoms with Gasteiger partial charge in [-0.1, -0.05) is 25.7 Å². The molecule has 0 aromatic carbocycles. The fourth-order valence-electron chi connectivity index (χ4n) is 3.59. The fourth-order valence-corrected chi connectivity index (χ4v) is 3.59. The summed E-state index contributed by atoms with van der Waals surface area (Å²) in [4.78, 5) is 2.84. The Morgan fingerprint density at radius 2 is 1.38 bits per heavy atom. The van der Waals surface area contributed by atoms with Crippen LogP contribution < -0.4 is 5.73 Å². The third kappa shape index (κ3) is 3.21. The van der Waals surface area contributed by atoms with Crippen LogP contribution in [0.2, 0.25) is 0 Å². The topological polar surface area (TPSA) is 29.3 Å². The highest BCUT2D eigenvalue weighted by Crippen LogP contribution is 2.33. The van der Waals surface area contributed by atoms with Gasteiger partial charge in [0.15, 0.2) is 0 Å². The zero-order chi connectivity index (χ0) is 11.2. The van der Waals surface area contributed by atoms with Crippen LogP contribution >= 0.6 is 0 Å². The summed E-state index contributed by atoms with van der Waals surface area (Å²) in [6, 6.07) is 1.89. The van der Waals surface area contributed by atoms with E-state index in [1.54, 1.807) is 0 Å². The second-order valence-electron chi connectivity index (χ2n) is 5.61. The molecule has 0 aromatic heterocycles. The third-order valence-electron chi connectivity index (χ3n) is 4.46. The molecule has 0 amide bonds. The average Bonchev–Trinajstić information content (AvgIpc) is 2.28. The SMILES string of the molecule is NCCCCCCN1[C@H]2CCC[C@H]1CCC2. The smallest absolute Gasteiger partial charge is 0.00982 e. The average molecular weight is 224 g/mol. The largest absolute Gasteiger partial charge is 0.330 e. The van der Waals surface area contributed by atoms with Crippen LogP contribution in [0.5, 0.6) is 0 Å². The zero-order valence-corrected chi connectivity index (χ0v) is 10.7. The number of hydrogen-bond donors (Lipinski definition) is 1. The molecule has 0 saturated carbocycles. The first-order valence-corrected chi connectivity index (χ1v) is 7.37. The van der Waals surface area contributed by atoms with E-state index in [9.17, 15) is 0 Å². The Hall–Kier alpha value is -0.0800. The molecule has 2 fully saturated rings. The highest BCUT2D eigenvalue weighted by Gasteiger charge is 2.32. The monoisotopic (exact) mass is 224 g/mol. The van der Waals surface area contributed by atoms with Crippen molar-refractivity contribution >= 4 is 0 Å². The maximum atomic E-state index is 5.52. The van der Waals surface area contributed by atoms with Crippen LogP contribution in [0.15, 0.2) is 0 Å². The minimum Gasteiger partial charge on any atom is -0.330 e. The molecule has 2 heteroatoms. The lowest BCUT2D eigenvalue weighted by Crippen LogP contribution is -2.49. The predicted octanol–water partition coefficient (Wildman–Crippen LogP) is 2.91. The van der Waals surface area contributed by atoms with Crippen LogP contribution in [-0.4, -0.2) is 30.1 Å². The van der Waals surface area contributed by atoms with Crippen molar-refractivity contribution in [2.24, 2.45) is 5.73 Å². The molecule has 2 aliphatic heterocycles. The van der Waals surface area contributed by atoms with Gasteiger partial charge in [0.1, 0.15) is 0 Å². The molecule has 94 valence electrons. The van der Waals surface area contributed by atoms with Gasteiger partial charge in [-0.3, -0.25) is 4.90 Å². The molecule has 2 N–H and O–H groups in total. The minimum atomic E-state index is 0.870. The van der Waals surface area contributed by atoms with Crippen LogP contribution in [-0.2, 0) is 0 Å². The van der Waals surface area contributed by atoms with Crippen molar-refractivity contribution in [3.63, 3.8) is 0 Å². The first-order valence-electron chi connectivity index (χ1n) is 7.37. The molecule has 2 heterocycles. The molecule has 0 radical (unpaired) electrons. The van der Waals surface area contributed by atoms with Gasteiger partial charge in [0, 0.05) is 12.1 Å². The quantitative estimate of drug-likeness (QED) is 0.703. The Bertz CT molecular complexity index is 171. The summed E-state index contributed by atoms with van der Waals surface area (Å²) in [5.41, 5.74) is 5.52. The molecule has 0 unspecified atom stereocenters. The summed E-state index contributed by atoms with van der Waals surface area (Å²) in [6.07, 6.45) is 14.2. The van der Waals surface area contributed by atoms with Crippen molar-refractivity contribution in [3.8, 4) is 0 Å². The van der Waals surface area contributed by atoms with Crippen molar-refractivity contribution in [3.05, 3.63) is 0 Å². The maximum absolute atomic E-state index is 5.52. The van der Waals surface area contributed by atoms with Gasteiger partial charge in [-0.15, -0.1) is 0 Å². The third-order valence-corrected chi connectivity index (χ3v) is 4.46. The zero-order valence-electron chi connectivity index (χ0n) is 10.7. The van der Waals surface area contributed by atoms with Crippen LogP contribution in [0.1, 0.15) is 64.2 Å². The molecule has 0 aromatic rings. The Morgan fingerprint density at radius 1 is 0.812 bits per heavy atom. The van der Waals surface area contributed by atoms with Crippen molar-refractivity contribution in [2.45, 2.75) is 76.3 Å². The van der Waals surface area contributed by atoms with E-state index in [1.165, 1.54) is 70.8 Å². The second-order valence-corrected chi connectivity index (χ2v) is 5.61. The summed E-state index contributed by atoms with van der Waals surface area (Å²) in [6.45, 7) is 2.23. The Kier molecular flexibility index (Phi) is 5.11. The second kappa shape index (κ2) is 6.61.